The van der Waals surface area contributed by atoms with Crippen molar-refractivity contribution in [3.05, 3.63) is 53.1 Å². The molecule has 0 aliphatic heterocycles. The molecule has 9 heteroatoms. The Morgan fingerprint density at radius 2 is 1.81 bits per heavy atom. The molecule has 2 aromatic carbocycles. The maximum atomic E-state index is 12.4. The minimum absolute atomic E-state index is 0.0147. The Hall–Kier alpha value is -2.13. The van der Waals surface area contributed by atoms with Crippen molar-refractivity contribution in [3.63, 3.8) is 0 Å². The van der Waals surface area contributed by atoms with Crippen molar-refractivity contribution in [2.24, 2.45) is 0 Å². The van der Waals surface area contributed by atoms with E-state index in [-0.39, 0.29) is 15.6 Å². The molecule has 0 spiro atoms. The van der Waals surface area contributed by atoms with Gasteiger partial charge >= 0.3 is 0 Å². The van der Waals surface area contributed by atoms with Crippen molar-refractivity contribution in [2.75, 3.05) is 19.5 Å². The Morgan fingerprint density at radius 1 is 1.19 bits per heavy atom. The molecule has 0 aliphatic rings. The molecule has 7 nitrogen and oxygen atoms in total. The second kappa shape index (κ2) is 8.71. The van der Waals surface area contributed by atoms with Crippen LogP contribution in [-0.4, -0.2) is 39.1 Å². The number of nitrogens with one attached hydrogen (secondary N) is 1. The summed E-state index contributed by atoms with van der Waals surface area (Å²) < 4.78 is 31.1. The van der Waals surface area contributed by atoms with Crippen LogP contribution in [0.15, 0.2) is 47.4 Å². The van der Waals surface area contributed by atoms with Gasteiger partial charge in [-0.25, -0.2) is 8.42 Å². The molecular formula is C18H21ClN2O5S. The Labute approximate surface area is 163 Å². The van der Waals surface area contributed by atoms with Crippen LogP contribution in [0.4, 0.5) is 5.69 Å². The zero-order valence-electron chi connectivity index (χ0n) is 15.4. The molecule has 0 fully saturated rings. The Bertz CT molecular complexity index is 916. The molecule has 2 aromatic rings. The number of carbonyl (C=O) groups excluding carboxylic acids is 1. The van der Waals surface area contributed by atoms with Crippen molar-refractivity contribution in [2.45, 2.75) is 24.8 Å². The Kier molecular flexibility index (Phi) is 6.83. The quantitative estimate of drug-likeness (QED) is 0.705. The standard InChI is InChI=1S/C18H21ClN2O5S/c1-12-5-8-15(9-6-12)26-13(2)18(22)20-14-7-10-16(19)17(11-14)27(23,24)21(3)25-4/h5-11,13H,1-4H3,(H,20,22). The number of rotatable bonds is 7. The molecule has 1 N–H and O–H groups in total. The molecule has 0 saturated heterocycles. The van der Waals surface area contributed by atoms with Crippen LogP contribution >= 0.6 is 11.6 Å². The van der Waals surface area contributed by atoms with E-state index >= 15 is 0 Å². The number of hydrogen-bond donors (Lipinski definition) is 1. The monoisotopic (exact) mass is 412 g/mol. The van der Waals surface area contributed by atoms with Gasteiger partial charge in [0.2, 0.25) is 0 Å². The number of aryl methyl sites for hydroxylation is 1. The van der Waals surface area contributed by atoms with Crippen LogP contribution < -0.4 is 10.1 Å². The van der Waals surface area contributed by atoms with Crippen LogP contribution in [0.25, 0.3) is 0 Å². The summed E-state index contributed by atoms with van der Waals surface area (Å²) in [4.78, 5) is 16.9. The summed E-state index contributed by atoms with van der Waals surface area (Å²) in [5.41, 5.74) is 1.35. The van der Waals surface area contributed by atoms with Crippen LogP contribution in [0.3, 0.4) is 0 Å². The smallest absolute Gasteiger partial charge is 0.266 e. The van der Waals surface area contributed by atoms with E-state index in [4.69, 9.17) is 21.2 Å². The van der Waals surface area contributed by atoms with E-state index in [1.54, 1.807) is 19.1 Å². The van der Waals surface area contributed by atoms with E-state index in [9.17, 15) is 13.2 Å². The van der Waals surface area contributed by atoms with Gasteiger partial charge in [-0.15, -0.1) is 0 Å². The van der Waals surface area contributed by atoms with Gasteiger partial charge in [0.15, 0.2) is 6.10 Å². The predicted octanol–water partition coefficient (Wildman–Crippen LogP) is 3.24. The van der Waals surface area contributed by atoms with Crippen LogP contribution in [0.2, 0.25) is 5.02 Å². The molecule has 146 valence electrons. The number of anilines is 1. The normalized spacial score (nSPS) is 12.7. The maximum Gasteiger partial charge on any atom is 0.266 e. The number of halogens is 1. The second-order valence-electron chi connectivity index (χ2n) is 5.80. The average molecular weight is 413 g/mol. The van der Waals surface area contributed by atoms with Gasteiger partial charge in [-0.3, -0.25) is 9.63 Å². The molecular weight excluding hydrogens is 392 g/mol. The highest BCUT2D eigenvalue weighted by Gasteiger charge is 2.25. The number of nitrogens with zero attached hydrogens (tertiary/aromatic N) is 1. The van der Waals surface area contributed by atoms with Crippen molar-refractivity contribution < 1.29 is 22.8 Å². The molecule has 2 rings (SSSR count). The van der Waals surface area contributed by atoms with Crippen molar-refractivity contribution in [1.82, 2.24) is 4.47 Å². The molecule has 0 aromatic heterocycles. The largest absolute Gasteiger partial charge is 0.481 e. The number of benzene rings is 2. The lowest BCUT2D eigenvalue weighted by atomic mass is 10.2. The molecule has 0 bridgehead atoms. The number of hydroxylamine groups is 1. The fourth-order valence-electron chi connectivity index (χ4n) is 2.13. The van der Waals surface area contributed by atoms with E-state index < -0.39 is 22.0 Å². The number of sulfonamides is 1. The summed E-state index contributed by atoms with van der Waals surface area (Å²) in [6.07, 6.45) is -0.787. The molecule has 0 aliphatic carbocycles. The van der Waals surface area contributed by atoms with Gasteiger partial charge < -0.3 is 10.1 Å². The van der Waals surface area contributed by atoms with E-state index in [0.717, 1.165) is 5.56 Å². The summed E-state index contributed by atoms with van der Waals surface area (Å²) >= 11 is 6.00. The zero-order valence-corrected chi connectivity index (χ0v) is 17.0. The third-order valence-corrected chi connectivity index (χ3v) is 5.94. The van der Waals surface area contributed by atoms with Gasteiger partial charge in [0, 0.05) is 12.7 Å². The van der Waals surface area contributed by atoms with Crippen molar-refractivity contribution in [3.8, 4) is 5.75 Å². The lowest BCUT2D eigenvalue weighted by molar-refractivity contribution is -0.122. The van der Waals surface area contributed by atoms with Crippen LogP contribution in [0.5, 0.6) is 5.75 Å². The minimum Gasteiger partial charge on any atom is -0.481 e. The van der Waals surface area contributed by atoms with E-state index in [1.165, 1.54) is 32.4 Å². The molecule has 1 unspecified atom stereocenters. The van der Waals surface area contributed by atoms with Crippen molar-refractivity contribution >= 4 is 33.2 Å². The van der Waals surface area contributed by atoms with Gasteiger partial charge in [0.05, 0.1) is 12.1 Å². The Morgan fingerprint density at radius 3 is 2.41 bits per heavy atom. The van der Waals surface area contributed by atoms with Crippen LogP contribution in [0.1, 0.15) is 12.5 Å². The summed E-state index contributed by atoms with van der Waals surface area (Å²) in [6.45, 7) is 3.55. The van der Waals surface area contributed by atoms with Gasteiger partial charge in [-0.05, 0) is 44.2 Å². The van der Waals surface area contributed by atoms with Gasteiger partial charge in [-0.2, -0.15) is 0 Å². The summed E-state index contributed by atoms with van der Waals surface area (Å²) in [5, 5.41) is 2.64. The molecule has 1 amide bonds. The fraction of sp³-hybridized carbons (Fsp3) is 0.278. The average Bonchev–Trinajstić information content (AvgIpc) is 2.64. The van der Waals surface area contributed by atoms with Crippen LogP contribution in [-0.2, 0) is 19.7 Å². The molecule has 1 atom stereocenters. The Balaban J connectivity index is 2.16. The topological polar surface area (TPSA) is 84.9 Å². The number of amides is 1. The number of ether oxygens (including phenoxy) is 1. The highest BCUT2D eigenvalue weighted by Crippen LogP contribution is 2.27. The lowest BCUT2D eigenvalue weighted by Crippen LogP contribution is -2.30. The third kappa shape index (κ3) is 5.20. The maximum absolute atomic E-state index is 12.4. The molecule has 0 saturated carbocycles. The van der Waals surface area contributed by atoms with Gasteiger partial charge in [0.1, 0.15) is 10.6 Å². The SMILES string of the molecule is CON(C)S(=O)(=O)c1cc(NC(=O)C(C)Oc2ccc(C)cc2)ccc1Cl. The van der Waals surface area contributed by atoms with Crippen LogP contribution in [0, 0.1) is 6.92 Å². The number of carbonyl (C=O) groups is 1. The summed E-state index contributed by atoms with van der Waals surface area (Å²) in [7, 11) is -1.49. The summed E-state index contributed by atoms with van der Waals surface area (Å²) in [5.74, 6) is 0.130. The second-order valence-corrected chi connectivity index (χ2v) is 8.12. The highest BCUT2D eigenvalue weighted by molar-refractivity contribution is 7.89. The molecule has 0 radical (unpaired) electrons. The lowest BCUT2D eigenvalue weighted by Gasteiger charge is -2.17. The van der Waals surface area contributed by atoms with Gasteiger partial charge in [0.25, 0.3) is 15.9 Å². The highest BCUT2D eigenvalue weighted by atomic mass is 35.5. The van der Waals surface area contributed by atoms with Gasteiger partial charge in [-0.1, -0.05) is 33.8 Å². The fourth-order valence-corrected chi connectivity index (χ4v) is 3.61. The predicted molar refractivity (Wildman–Crippen MR) is 103 cm³/mol. The first-order chi connectivity index (χ1) is 12.6. The first kappa shape index (κ1) is 21.2. The van der Waals surface area contributed by atoms with Crippen molar-refractivity contribution in [1.29, 1.82) is 0 Å². The summed E-state index contributed by atoms with van der Waals surface area (Å²) in [6, 6.07) is 11.5. The minimum atomic E-state index is -3.95. The van der Waals surface area contributed by atoms with E-state index in [2.05, 4.69) is 5.32 Å². The third-order valence-electron chi connectivity index (χ3n) is 3.78. The first-order valence-corrected chi connectivity index (χ1v) is 9.83. The first-order valence-electron chi connectivity index (χ1n) is 8.02. The van der Waals surface area contributed by atoms with E-state index in [1.807, 2.05) is 19.1 Å². The zero-order chi connectivity index (χ0) is 20.2. The molecule has 0 heterocycles. The molecule has 27 heavy (non-hydrogen) atoms. The van der Waals surface area contributed by atoms with E-state index in [0.29, 0.717) is 10.2 Å². The number of hydrogen-bond acceptors (Lipinski definition) is 5.